The van der Waals surface area contributed by atoms with Gasteiger partial charge in [0.15, 0.2) is 0 Å². The summed E-state index contributed by atoms with van der Waals surface area (Å²) in [6, 6.07) is 6.01. The number of aryl methyl sites for hydroxylation is 1. The molecule has 96 valence electrons. The lowest BCUT2D eigenvalue weighted by Crippen LogP contribution is -2.25. The zero-order valence-corrected chi connectivity index (χ0v) is 10.6. The molecule has 3 rings (SSSR count). The van der Waals surface area contributed by atoms with Gasteiger partial charge in [0.1, 0.15) is 0 Å². The van der Waals surface area contributed by atoms with E-state index in [1.807, 2.05) is 19.1 Å². The smallest absolute Gasteiger partial charge is 0.337 e. The van der Waals surface area contributed by atoms with Crippen molar-refractivity contribution in [3.05, 3.63) is 29.3 Å². The molecule has 1 aromatic carbocycles. The highest BCUT2D eigenvalue weighted by Crippen LogP contribution is 2.46. The number of benzene rings is 1. The molecule has 0 aromatic heterocycles. The number of nitrogens with one attached hydrogen (secondary N) is 1. The van der Waals surface area contributed by atoms with Crippen LogP contribution in [-0.2, 0) is 0 Å². The van der Waals surface area contributed by atoms with Crippen LogP contribution in [0.3, 0.4) is 0 Å². The van der Waals surface area contributed by atoms with Crippen molar-refractivity contribution in [2.75, 3.05) is 5.32 Å². The number of hydrogen-bond acceptors (Lipinski definition) is 2. The molecule has 0 heterocycles. The Morgan fingerprint density at radius 3 is 2.39 bits per heavy atom. The van der Waals surface area contributed by atoms with Gasteiger partial charge in [-0.25, -0.2) is 4.79 Å². The first kappa shape index (κ1) is 11.6. The van der Waals surface area contributed by atoms with Gasteiger partial charge < -0.3 is 10.4 Å². The minimum Gasteiger partial charge on any atom is -0.478 e. The van der Waals surface area contributed by atoms with Crippen LogP contribution in [0.2, 0.25) is 0 Å². The van der Waals surface area contributed by atoms with Crippen LogP contribution in [0, 0.1) is 18.8 Å². The molecule has 1 aromatic rings. The summed E-state index contributed by atoms with van der Waals surface area (Å²) in [5.41, 5.74) is 2.30. The topological polar surface area (TPSA) is 49.3 Å². The van der Waals surface area contributed by atoms with Crippen molar-refractivity contribution in [1.82, 2.24) is 0 Å². The van der Waals surface area contributed by atoms with Gasteiger partial charge in [0, 0.05) is 11.7 Å². The highest BCUT2D eigenvalue weighted by molar-refractivity contribution is 5.94. The summed E-state index contributed by atoms with van der Waals surface area (Å²) in [6.07, 6.45) is 5.18. The van der Waals surface area contributed by atoms with Crippen LogP contribution < -0.4 is 5.32 Å². The zero-order chi connectivity index (χ0) is 12.7. The van der Waals surface area contributed by atoms with E-state index in [4.69, 9.17) is 0 Å². The second-order valence-electron chi connectivity index (χ2n) is 5.70. The van der Waals surface area contributed by atoms with E-state index in [0.717, 1.165) is 23.1 Å². The van der Waals surface area contributed by atoms with Crippen LogP contribution in [0.4, 0.5) is 5.69 Å². The third-order valence-corrected chi connectivity index (χ3v) is 3.99. The van der Waals surface area contributed by atoms with Crippen molar-refractivity contribution in [2.24, 2.45) is 11.8 Å². The van der Waals surface area contributed by atoms with Crippen LogP contribution in [-0.4, -0.2) is 17.1 Å². The highest BCUT2D eigenvalue weighted by Gasteiger charge is 2.41. The summed E-state index contributed by atoms with van der Waals surface area (Å²) in [6.45, 7) is 2.00. The number of aromatic carboxylic acids is 1. The molecule has 0 amide bonds. The molecule has 0 radical (unpaired) electrons. The average Bonchev–Trinajstić information content (AvgIpc) is 3.17. The molecule has 0 unspecified atom stereocenters. The SMILES string of the molecule is Cc1ccc(C(=O)O)c(NC(C2CC2)C2CC2)c1. The van der Waals surface area contributed by atoms with E-state index >= 15 is 0 Å². The summed E-state index contributed by atoms with van der Waals surface area (Å²) in [7, 11) is 0. The largest absolute Gasteiger partial charge is 0.478 e. The lowest BCUT2D eigenvalue weighted by atomic mass is 10.0. The minimum absolute atomic E-state index is 0.395. The molecular weight excluding hydrogens is 226 g/mol. The van der Waals surface area contributed by atoms with Crippen molar-refractivity contribution in [3.63, 3.8) is 0 Å². The molecular formula is C15H19NO2. The van der Waals surface area contributed by atoms with E-state index in [1.165, 1.54) is 25.7 Å². The van der Waals surface area contributed by atoms with Gasteiger partial charge in [-0.05, 0) is 62.1 Å². The van der Waals surface area contributed by atoms with Crippen molar-refractivity contribution >= 4 is 11.7 Å². The summed E-state index contributed by atoms with van der Waals surface area (Å²) in [4.78, 5) is 11.2. The maximum atomic E-state index is 11.2. The van der Waals surface area contributed by atoms with E-state index in [9.17, 15) is 9.90 Å². The van der Waals surface area contributed by atoms with Crippen molar-refractivity contribution in [2.45, 2.75) is 38.6 Å². The second-order valence-corrected chi connectivity index (χ2v) is 5.70. The molecule has 3 heteroatoms. The van der Waals surface area contributed by atoms with Gasteiger partial charge in [0.25, 0.3) is 0 Å². The molecule has 3 nitrogen and oxygen atoms in total. The zero-order valence-electron chi connectivity index (χ0n) is 10.6. The van der Waals surface area contributed by atoms with Gasteiger partial charge in [0.2, 0.25) is 0 Å². The maximum Gasteiger partial charge on any atom is 0.337 e. The Kier molecular flexibility index (Phi) is 2.77. The van der Waals surface area contributed by atoms with Gasteiger partial charge in [-0.3, -0.25) is 0 Å². The molecule has 18 heavy (non-hydrogen) atoms. The molecule has 2 aliphatic carbocycles. The summed E-state index contributed by atoms with van der Waals surface area (Å²) >= 11 is 0. The third kappa shape index (κ3) is 2.35. The molecule has 0 bridgehead atoms. The number of carboxylic acids is 1. The standard InChI is InChI=1S/C15H19NO2/c1-9-2-7-12(15(17)18)13(8-9)16-14(10-3-4-10)11-5-6-11/h2,7-8,10-11,14,16H,3-6H2,1H3,(H,17,18). The fraction of sp³-hybridized carbons (Fsp3) is 0.533. The van der Waals surface area contributed by atoms with Crippen LogP contribution in [0.15, 0.2) is 18.2 Å². The lowest BCUT2D eigenvalue weighted by molar-refractivity contribution is 0.0698. The fourth-order valence-electron chi connectivity index (χ4n) is 2.67. The van der Waals surface area contributed by atoms with Gasteiger partial charge in [-0.2, -0.15) is 0 Å². The third-order valence-electron chi connectivity index (χ3n) is 3.99. The number of hydrogen-bond donors (Lipinski definition) is 2. The normalized spacial score (nSPS) is 19.0. The Bertz CT molecular complexity index is 463. The average molecular weight is 245 g/mol. The molecule has 0 saturated heterocycles. The number of rotatable bonds is 5. The first-order valence-electron chi connectivity index (χ1n) is 6.75. The fourth-order valence-corrected chi connectivity index (χ4v) is 2.67. The van der Waals surface area contributed by atoms with Gasteiger partial charge >= 0.3 is 5.97 Å². The Labute approximate surface area is 107 Å². The van der Waals surface area contributed by atoms with Crippen molar-refractivity contribution < 1.29 is 9.90 Å². The molecule has 2 aliphatic rings. The van der Waals surface area contributed by atoms with Crippen LogP contribution in [0.5, 0.6) is 0 Å². The predicted octanol–water partition coefficient (Wildman–Crippen LogP) is 3.29. The van der Waals surface area contributed by atoms with Crippen LogP contribution >= 0.6 is 0 Å². The van der Waals surface area contributed by atoms with E-state index in [0.29, 0.717) is 11.6 Å². The lowest BCUT2D eigenvalue weighted by Gasteiger charge is -2.20. The highest BCUT2D eigenvalue weighted by atomic mass is 16.4. The van der Waals surface area contributed by atoms with Gasteiger partial charge in [-0.1, -0.05) is 6.07 Å². The molecule has 2 saturated carbocycles. The molecule has 2 N–H and O–H groups in total. The Hall–Kier alpha value is -1.51. The van der Waals surface area contributed by atoms with Crippen molar-refractivity contribution in [1.29, 1.82) is 0 Å². The molecule has 0 spiro atoms. The van der Waals surface area contributed by atoms with Gasteiger partial charge in [-0.15, -0.1) is 0 Å². The number of anilines is 1. The van der Waals surface area contributed by atoms with Crippen LogP contribution in [0.25, 0.3) is 0 Å². The first-order valence-corrected chi connectivity index (χ1v) is 6.75. The molecule has 0 aliphatic heterocycles. The maximum absolute atomic E-state index is 11.2. The van der Waals surface area contributed by atoms with E-state index in [-0.39, 0.29) is 0 Å². The molecule has 0 atom stereocenters. The second kappa shape index (κ2) is 4.30. The monoisotopic (exact) mass is 245 g/mol. The Morgan fingerprint density at radius 1 is 1.28 bits per heavy atom. The predicted molar refractivity (Wildman–Crippen MR) is 71.0 cm³/mol. The molecule has 2 fully saturated rings. The van der Waals surface area contributed by atoms with E-state index in [1.54, 1.807) is 6.07 Å². The van der Waals surface area contributed by atoms with Crippen LogP contribution in [0.1, 0.15) is 41.6 Å². The summed E-state index contributed by atoms with van der Waals surface area (Å²) in [5.74, 6) is 0.683. The van der Waals surface area contributed by atoms with Crippen molar-refractivity contribution in [3.8, 4) is 0 Å². The Balaban J connectivity index is 1.85. The van der Waals surface area contributed by atoms with E-state index in [2.05, 4.69) is 5.32 Å². The summed E-state index contributed by atoms with van der Waals surface area (Å²) < 4.78 is 0. The van der Waals surface area contributed by atoms with Gasteiger partial charge in [0.05, 0.1) is 5.56 Å². The van der Waals surface area contributed by atoms with E-state index < -0.39 is 5.97 Å². The minimum atomic E-state index is -0.845. The quantitative estimate of drug-likeness (QED) is 0.836. The Morgan fingerprint density at radius 2 is 1.89 bits per heavy atom. The first-order chi connectivity index (χ1) is 8.65. The summed E-state index contributed by atoms with van der Waals surface area (Å²) in [5, 5.41) is 12.8. The number of carbonyl (C=O) groups is 1. The number of carboxylic acid groups (broad SMARTS) is 1.